The molecule has 1 aliphatic heterocycles. The molecule has 7 nitrogen and oxygen atoms in total. The van der Waals surface area contributed by atoms with Crippen molar-refractivity contribution in [2.24, 2.45) is 5.92 Å². The normalized spacial score (nSPS) is 16.0. The zero-order valence-electron chi connectivity index (χ0n) is 20.3. The molecule has 4 aromatic rings. The highest BCUT2D eigenvalue weighted by atomic mass is 35.5. The van der Waals surface area contributed by atoms with Gasteiger partial charge in [0.2, 0.25) is 5.91 Å². The van der Waals surface area contributed by atoms with E-state index in [2.05, 4.69) is 51.6 Å². The van der Waals surface area contributed by atoms with Gasteiger partial charge in [-0.3, -0.25) is 4.79 Å². The van der Waals surface area contributed by atoms with E-state index >= 15 is 0 Å². The molecule has 2 aromatic heterocycles. The van der Waals surface area contributed by atoms with E-state index in [1.807, 2.05) is 42.8 Å². The van der Waals surface area contributed by atoms with Crippen LogP contribution in [0.2, 0.25) is 5.02 Å². The summed E-state index contributed by atoms with van der Waals surface area (Å²) in [6.07, 6.45) is 1.77. The largest absolute Gasteiger partial charge is 0.352 e. The van der Waals surface area contributed by atoms with Crippen LogP contribution >= 0.6 is 11.6 Å². The number of nitrogens with one attached hydrogen (secondary N) is 1. The second-order valence-electron chi connectivity index (χ2n) is 9.29. The fraction of sp³-hybridized carbons (Fsp3) is 0.333. The van der Waals surface area contributed by atoms with Crippen LogP contribution in [0.4, 0.5) is 5.82 Å². The monoisotopic (exact) mass is 488 g/mol. The maximum absolute atomic E-state index is 13.0. The van der Waals surface area contributed by atoms with Crippen LogP contribution in [0.15, 0.2) is 48.5 Å². The van der Waals surface area contributed by atoms with Crippen LogP contribution < -0.4 is 10.2 Å². The van der Waals surface area contributed by atoms with Crippen molar-refractivity contribution >= 4 is 34.2 Å². The molecule has 3 heterocycles. The van der Waals surface area contributed by atoms with Crippen molar-refractivity contribution < 1.29 is 4.79 Å². The molecule has 1 atom stereocenters. The minimum atomic E-state index is -0.105. The van der Waals surface area contributed by atoms with Gasteiger partial charge < -0.3 is 10.2 Å². The maximum atomic E-state index is 13.0. The number of hydrogen-bond donors (Lipinski definition) is 1. The molecule has 35 heavy (non-hydrogen) atoms. The van der Waals surface area contributed by atoms with Gasteiger partial charge in [0.15, 0.2) is 5.82 Å². The summed E-state index contributed by atoms with van der Waals surface area (Å²) in [6, 6.07) is 15.9. The van der Waals surface area contributed by atoms with Crippen LogP contribution in [0.5, 0.6) is 0 Å². The molecule has 0 bridgehead atoms. The van der Waals surface area contributed by atoms with E-state index in [0.717, 1.165) is 58.7 Å². The Hall–Kier alpha value is -3.45. The molecule has 1 fully saturated rings. The first-order valence-electron chi connectivity index (χ1n) is 12.0. The molecule has 1 amide bonds. The third kappa shape index (κ3) is 4.73. The van der Waals surface area contributed by atoms with Crippen molar-refractivity contribution in [2.75, 3.05) is 18.0 Å². The quantitative estimate of drug-likeness (QED) is 0.431. The van der Waals surface area contributed by atoms with Crippen molar-refractivity contribution in [1.29, 1.82) is 0 Å². The Morgan fingerprint density at radius 1 is 1.06 bits per heavy atom. The molecular weight excluding hydrogens is 460 g/mol. The van der Waals surface area contributed by atoms with E-state index < -0.39 is 0 Å². The number of carbonyl (C=O) groups excluding carboxylic acids is 1. The van der Waals surface area contributed by atoms with Gasteiger partial charge in [0.05, 0.1) is 28.4 Å². The van der Waals surface area contributed by atoms with Crippen LogP contribution in [0.3, 0.4) is 0 Å². The first-order valence-corrected chi connectivity index (χ1v) is 12.4. The van der Waals surface area contributed by atoms with E-state index in [4.69, 9.17) is 16.7 Å². The number of anilines is 1. The number of rotatable bonds is 5. The van der Waals surface area contributed by atoms with Crippen LogP contribution in [-0.2, 0) is 11.3 Å². The lowest BCUT2D eigenvalue weighted by atomic mass is 9.97. The van der Waals surface area contributed by atoms with E-state index in [1.54, 1.807) is 0 Å². The van der Waals surface area contributed by atoms with Crippen molar-refractivity contribution in [3.05, 3.63) is 76.1 Å². The predicted molar refractivity (Wildman–Crippen MR) is 139 cm³/mol. The van der Waals surface area contributed by atoms with Crippen molar-refractivity contribution in [3.63, 3.8) is 0 Å². The summed E-state index contributed by atoms with van der Waals surface area (Å²) in [7, 11) is 0. The Morgan fingerprint density at radius 3 is 2.54 bits per heavy atom. The summed E-state index contributed by atoms with van der Waals surface area (Å²) in [6.45, 7) is 8.01. The molecule has 0 saturated carbocycles. The van der Waals surface area contributed by atoms with Gasteiger partial charge in [0.1, 0.15) is 5.52 Å². The van der Waals surface area contributed by atoms with Crippen molar-refractivity contribution in [3.8, 4) is 5.69 Å². The van der Waals surface area contributed by atoms with Gasteiger partial charge in [-0.15, -0.1) is 5.10 Å². The minimum absolute atomic E-state index is 0.0782. The molecule has 180 valence electrons. The van der Waals surface area contributed by atoms with Gasteiger partial charge >= 0.3 is 0 Å². The molecule has 0 unspecified atom stereocenters. The summed E-state index contributed by atoms with van der Waals surface area (Å²) in [5, 5.41) is 18.7. The molecule has 0 aliphatic carbocycles. The molecule has 2 aromatic carbocycles. The number of benzene rings is 2. The maximum Gasteiger partial charge on any atom is 0.225 e. The minimum Gasteiger partial charge on any atom is -0.352 e. The number of aromatic nitrogens is 4. The Bertz CT molecular complexity index is 1360. The van der Waals surface area contributed by atoms with E-state index in [0.29, 0.717) is 18.1 Å². The molecule has 1 N–H and O–H groups in total. The lowest BCUT2D eigenvalue weighted by Gasteiger charge is -2.32. The van der Waals surface area contributed by atoms with Crippen molar-refractivity contribution in [1.82, 2.24) is 25.3 Å². The van der Waals surface area contributed by atoms with Gasteiger partial charge in [-0.25, -0.2) is 4.68 Å². The third-order valence-electron chi connectivity index (χ3n) is 6.73. The number of halogens is 1. The lowest BCUT2D eigenvalue weighted by Crippen LogP contribution is -2.43. The molecule has 8 heteroatoms. The average molecular weight is 489 g/mol. The highest BCUT2D eigenvalue weighted by Crippen LogP contribution is 2.31. The molecule has 1 saturated heterocycles. The molecule has 0 spiro atoms. The second kappa shape index (κ2) is 9.66. The summed E-state index contributed by atoms with van der Waals surface area (Å²) < 4.78 is 1.91. The number of nitrogens with zero attached hydrogens (tertiary/aromatic N) is 5. The van der Waals surface area contributed by atoms with Crippen LogP contribution in [0, 0.1) is 26.7 Å². The predicted octanol–water partition coefficient (Wildman–Crippen LogP) is 4.93. The van der Waals surface area contributed by atoms with E-state index in [9.17, 15) is 4.79 Å². The number of piperidine rings is 1. The summed E-state index contributed by atoms with van der Waals surface area (Å²) in [5.74, 6) is 0.707. The number of hydrogen-bond acceptors (Lipinski definition) is 5. The summed E-state index contributed by atoms with van der Waals surface area (Å²) in [5.41, 5.74) is 5.89. The highest BCUT2D eigenvalue weighted by molar-refractivity contribution is 6.30. The first kappa shape index (κ1) is 23.3. The lowest BCUT2D eigenvalue weighted by molar-refractivity contribution is -0.125. The number of aryl methyl sites for hydroxylation is 3. The molecule has 1 aliphatic rings. The number of carbonyl (C=O) groups is 1. The topological polar surface area (TPSA) is 75.9 Å². The number of fused-ring (bicyclic) bond motifs is 1. The SMILES string of the molecule is Cc1ccc(CNC(=O)[C@H]2CCCN(c3nnc(C)c4c(C)n(-c5ccc(Cl)cc5)nc34)C2)cc1. The average Bonchev–Trinajstić information content (AvgIpc) is 3.22. The summed E-state index contributed by atoms with van der Waals surface area (Å²) in [4.78, 5) is 15.2. The van der Waals surface area contributed by atoms with Crippen LogP contribution in [0.25, 0.3) is 16.6 Å². The Morgan fingerprint density at radius 2 is 1.80 bits per heavy atom. The Labute approximate surface area is 210 Å². The zero-order valence-corrected chi connectivity index (χ0v) is 21.0. The fourth-order valence-corrected chi connectivity index (χ4v) is 4.91. The summed E-state index contributed by atoms with van der Waals surface area (Å²) >= 11 is 6.08. The van der Waals surface area contributed by atoms with E-state index in [-0.39, 0.29) is 11.8 Å². The van der Waals surface area contributed by atoms with Crippen molar-refractivity contribution in [2.45, 2.75) is 40.2 Å². The molecule has 0 radical (unpaired) electrons. The Balaban J connectivity index is 1.39. The van der Waals surface area contributed by atoms with Gasteiger partial charge in [0, 0.05) is 24.7 Å². The van der Waals surface area contributed by atoms with Gasteiger partial charge in [-0.05, 0) is 63.4 Å². The molecular formula is C27H29ClN6O. The first-order chi connectivity index (χ1) is 16.9. The zero-order chi connectivity index (χ0) is 24.5. The molecule has 5 rings (SSSR count). The van der Waals surface area contributed by atoms with E-state index in [1.165, 1.54) is 5.56 Å². The van der Waals surface area contributed by atoms with Crippen LogP contribution in [-0.4, -0.2) is 39.0 Å². The highest BCUT2D eigenvalue weighted by Gasteiger charge is 2.29. The smallest absolute Gasteiger partial charge is 0.225 e. The van der Waals surface area contributed by atoms with Gasteiger partial charge in [-0.1, -0.05) is 41.4 Å². The number of amides is 1. The van der Waals surface area contributed by atoms with Crippen LogP contribution in [0.1, 0.15) is 35.4 Å². The van der Waals surface area contributed by atoms with Gasteiger partial charge in [0.25, 0.3) is 0 Å². The van der Waals surface area contributed by atoms with Gasteiger partial charge in [-0.2, -0.15) is 10.2 Å². The fourth-order valence-electron chi connectivity index (χ4n) is 4.78. The second-order valence-corrected chi connectivity index (χ2v) is 9.73. The Kier molecular flexibility index (Phi) is 6.43. The third-order valence-corrected chi connectivity index (χ3v) is 6.99. The standard InChI is InChI=1S/C27H29ClN6O/c1-17-6-8-20(9-7-17)15-29-27(35)21-5-4-14-33(16-21)26-25-24(18(2)30-31-26)19(3)34(32-25)23-12-10-22(28)11-13-23/h6-13,21H,4-5,14-16H2,1-3H3,(H,29,35)/t21-/m0/s1.